The molecule has 1 atom stereocenters. The normalized spacial score (nSPS) is 11.7. The standard InChI is InChI=1S/C21H28N2O2S/c1-5-25-19-8-6-7-17(14-19)22-21(26)23-20(13-15(2)3)16-9-11-18(24-4)12-10-16/h6-12,14-15,20H,5,13H2,1-4H3,(H2,22,23,26)/t20-/m1/s1. The molecule has 0 bridgehead atoms. The summed E-state index contributed by atoms with van der Waals surface area (Å²) >= 11 is 5.53. The van der Waals surface area contributed by atoms with Crippen LogP contribution in [0.5, 0.6) is 11.5 Å². The van der Waals surface area contributed by atoms with Crippen LogP contribution < -0.4 is 20.1 Å². The molecule has 5 heteroatoms. The molecule has 2 aromatic carbocycles. The second kappa shape index (κ2) is 10.0. The van der Waals surface area contributed by atoms with Gasteiger partial charge in [-0.2, -0.15) is 0 Å². The molecule has 0 unspecified atom stereocenters. The minimum absolute atomic E-state index is 0.135. The fourth-order valence-electron chi connectivity index (χ4n) is 2.74. The molecule has 0 aromatic heterocycles. The fraction of sp³-hybridized carbons (Fsp3) is 0.381. The van der Waals surface area contributed by atoms with Gasteiger partial charge in [-0.05, 0) is 61.3 Å². The number of thiocarbonyl (C=S) groups is 1. The van der Waals surface area contributed by atoms with Gasteiger partial charge in [0, 0.05) is 11.8 Å². The average molecular weight is 373 g/mol. The van der Waals surface area contributed by atoms with Crippen molar-refractivity contribution in [3.05, 3.63) is 54.1 Å². The van der Waals surface area contributed by atoms with E-state index in [1.54, 1.807) is 7.11 Å². The quantitative estimate of drug-likeness (QED) is 0.626. The highest BCUT2D eigenvalue weighted by molar-refractivity contribution is 7.80. The highest BCUT2D eigenvalue weighted by Gasteiger charge is 2.15. The van der Waals surface area contributed by atoms with E-state index in [-0.39, 0.29) is 6.04 Å². The number of hydrogen-bond acceptors (Lipinski definition) is 3. The molecule has 140 valence electrons. The number of nitrogens with one attached hydrogen (secondary N) is 2. The Hall–Kier alpha value is -2.27. The molecule has 2 rings (SSSR count). The van der Waals surface area contributed by atoms with Crippen LogP contribution in [0.3, 0.4) is 0 Å². The first-order valence-electron chi connectivity index (χ1n) is 8.96. The van der Waals surface area contributed by atoms with Crippen molar-refractivity contribution in [2.24, 2.45) is 5.92 Å². The van der Waals surface area contributed by atoms with Gasteiger partial charge < -0.3 is 20.1 Å². The van der Waals surface area contributed by atoms with E-state index in [0.29, 0.717) is 17.6 Å². The monoisotopic (exact) mass is 372 g/mol. The molecule has 0 aliphatic carbocycles. The van der Waals surface area contributed by atoms with Crippen molar-refractivity contribution in [3.63, 3.8) is 0 Å². The van der Waals surface area contributed by atoms with Crippen molar-refractivity contribution >= 4 is 23.0 Å². The van der Waals surface area contributed by atoms with Gasteiger partial charge in [-0.3, -0.25) is 0 Å². The topological polar surface area (TPSA) is 42.5 Å². The second-order valence-electron chi connectivity index (χ2n) is 6.51. The molecule has 0 aliphatic rings. The lowest BCUT2D eigenvalue weighted by atomic mass is 9.97. The van der Waals surface area contributed by atoms with Crippen molar-refractivity contribution in [1.82, 2.24) is 5.32 Å². The first kappa shape index (κ1) is 20.0. The summed E-state index contributed by atoms with van der Waals surface area (Å²) in [5.74, 6) is 2.22. The number of methoxy groups -OCH3 is 1. The molecule has 2 aromatic rings. The maximum Gasteiger partial charge on any atom is 0.171 e. The lowest BCUT2D eigenvalue weighted by molar-refractivity contribution is 0.340. The average Bonchev–Trinajstić information content (AvgIpc) is 2.61. The molecular weight excluding hydrogens is 344 g/mol. The third kappa shape index (κ3) is 6.23. The molecule has 0 amide bonds. The summed E-state index contributed by atoms with van der Waals surface area (Å²) in [6.45, 7) is 7.03. The summed E-state index contributed by atoms with van der Waals surface area (Å²) in [4.78, 5) is 0. The summed E-state index contributed by atoms with van der Waals surface area (Å²) < 4.78 is 10.8. The van der Waals surface area contributed by atoms with Crippen molar-refractivity contribution in [1.29, 1.82) is 0 Å². The van der Waals surface area contributed by atoms with Crippen LogP contribution in [0.4, 0.5) is 5.69 Å². The summed E-state index contributed by atoms with van der Waals surface area (Å²) in [6, 6.07) is 16.1. The van der Waals surface area contributed by atoms with Crippen LogP contribution in [0.1, 0.15) is 38.8 Å². The minimum atomic E-state index is 0.135. The highest BCUT2D eigenvalue weighted by Crippen LogP contribution is 2.24. The Morgan fingerprint density at radius 2 is 1.81 bits per heavy atom. The second-order valence-corrected chi connectivity index (χ2v) is 6.92. The van der Waals surface area contributed by atoms with Gasteiger partial charge in [0.05, 0.1) is 19.8 Å². The largest absolute Gasteiger partial charge is 0.497 e. The van der Waals surface area contributed by atoms with Crippen molar-refractivity contribution in [2.45, 2.75) is 33.2 Å². The molecule has 0 aliphatic heterocycles. The van der Waals surface area contributed by atoms with Crippen molar-refractivity contribution in [2.75, 3.05) is 19.0 Å². The van der Waals surface area contributed by atoms with Crippen LogP contribution >= 0.6 is 12.2 Å². The first-order valence-corrected chi connectivity index (χ1v) is 9.37. The van der Waals surface area contributed by atoms with Crippen LogP contribution in [0.2, 0.25) is 0 Å². The highest BCUT2D eigenvalue weighted by atomic mass is 32.1. The van der Waals surface area contributed by atoms with Gasteiger partial charge in [-0.15, -0.1) is 0 Å². The van der Waals surface area contributed by atoms with Gasteiger partial charge in [-0.25, -0.2) is 0 Å². The van der Waals surface area contributed by atoms with Gasteiger partial charge in [0.25, 0.3) is 0 Å². The number of benzene rings is 2. The number of rotatable bonds is 8. The van der Waals surface area contributed by atoms with E-state index in [9.17, 15) is 0 Å². The summed E-state index contributed by atoms with van der Waals surface area (Å²) in [5.41, 5.74) is 2.10. The van der Waals surface area contributed by atoms with Crippen LogP contribution in [0.15, 0.2) is 48.5 Å². The van der Waals surface area contributed by atoms with E-state index in [1.807, 2.05) is 43.3 Å². The molecule has 0 saturated carbocycles. The summed E-state index contributed by atoms with van der Waals surface area (Å²) in [5, 5.41) is 7.29. The Morgan fingerprint density at radius 1 is 1.08 bits per heavy atom. The molecule has 26 heavy (non-hydrogen) atoms. The van der Waals surface area contributed by atoms with E-state index in [1.165, 1.54) is 5.56 Å². The number of anilines is 1. The van der Waals surface area contributed by atoms with Crippen molar-refractivity contribution in [3.8, 4) is 11.5 Å². The smallest absolute Gasteiger partial charge is 0.171 e. The number of hydrogen-bond donors (Lipinski definition) is 2. The fourth-order valence-corrected chi connectivity index (χ4v) is 3.00. The van der Waals surface area contributed by atoms with E-state index in [0.717, 1.165) is 23.6 Å². The maximum absolute atomic E-state index is 5.54. The van der Waals surface area contributed by atoms with E-state index >= 15 is 0 Å². The minimum Gasteiger partial charge on any atom is -0.497 e. The van der Waals surface area contributed by atoms with Crippen molar-refractivity contribution < 1.29 is 9.47 Å². The Kier molecular flexibility index (Phi) is 7.73. The molecule has 4 nitrogen and oxygen atoms in total. The maximum atomic E-state index is 5.54. The molecule has 0 heterocycles. The van der Waals surface area contributed by atoms with Gasteiger partial charge in [0.15, 0.2) is 5.11 Å². The zero-order valence-electron chi connectivity index (χ0n) is 15.9. The molecule has 0 radical (unpaired) electrons. The Morgan fingerprint density at radius 3 is 2.42 bits per heavy atom. The van der Waals surface area contributed by atoms with Gasteiger partial charge >= 0.3 is 0 Å². The van der Waals surface area contributed by atoms with E-state index in [2.05, 4.69) is 36.6 Å². The Labute approximate surface area is 161 Å². The lowest BCUT2D eigenvalue weighted by Gasteiger charge is -2.23. The predicted octanol–water partition coefficient (Wildman–Crippen LogP) is 5.17. The third-order valence-electron chi connectivity index (χ3n) is 3.93. The van der Waals surface area contributed by atoms with Crippen LogP contribution in [0.25, 0.3) is 0 Å². The van der Waals surface area contributed by atoms with Crippen LogP contribution in [-0.2, 0) is 0 Å². The van der Waals surface area contributed by atoms with Crippen LogP contribution in [0, 0.1) is 5.92 Å². The Balaban J connectivity index is 2.06. The van der Waals surface area contributed by atoms with E-state index < -0.39 is 0 Å². The molecular formula is C21H28N2O2S. The first-order chi connectivity index (χ1) is 12.5. The molecule has 0 spiro atoms. The third-order valence-corrected chi connectivity index (χ3v) is 4.15. The number of ether oxygens (including phenoxy) is 2. The zero-order chi connectivity index (χ0) is 18.9. The summed E-state index contributed by atoms with van der Waals surface area (Å²) in [7, 11) is 1.67. The van der Waals surface area contributed by atoms with Gasteiger partial charge in [-0.1, -0.05) is 32.0 Å². The lowest BCUT2D eigenvalue weighted by Crippen LogP contribution is -2.33. The molecule has 2 N–H and O–H groups in total. The van der Waals surface area contributed by atoms with Gasteiger partial charge in [0.2, 0.25) is 0 Å². The Bertz CT molecular complexity index is 701. The van der Waals surface area contributed by atoms with E-state index in [4.69, 9.17) is 21.7 Å². The van der Waals surface area contributed by atoms with Gasteiger partial charge in [0.1, 0.15) is 11.5 Å². The predicted molar refractivity (Wildman–Crippen MR) is 112 cm³/mol. The molecule has 0 saturated heterocycles. The zero-order valence-corrected chi connectivity index (χ0v) is 16.7. The molecule has 0 fully saturated rings. The van der Waals surface area contributed by atoms with Crippen LogP contribution in [-0.4, -0.2) is 18.8 Å². The summed E-state index contributed by atoms with van der Waals surface area (Å²) in [6.07, 6.45) is 0.979. The SMILES string of the molecule is CCOc1cccc(NC(=S)N[C@H](CC(C)C)c2ccc(OC)cc2)c1.